The van der Waals surface area contributed by atoms with E-state index in [0.717, 1.165) is 57.1 Å². The van der Waals surface area contributed by atoms with Crippen molar-refractivity contribution in [3.05, 3.63) is 17.6 Å². The fourth-order valence-electron chi connectivity index (χ4n) is 4.37. The minimum Gasteiger partial charge on any atom is -0.381 e. The Hall–Kier alpha value is -1.24. The number of hydrogen-bond donors (Lipinski definition) is 0. The number of anilines is 1. The Balaban J connectivity index is 1.32. The van der Waals surface area contributed by atoms with Gasteiger partial charge in [-0.3, -0.25) is 0 Å². The Kier molecular flexibility index (Phi) is 6.02. The number of piperidine rings is 1. The molecule has 0 saturated carbocycles. The van der Waals surface area contributed by atoms with Gasteiger partial charge < -0.3 is 19.3 Å². The van der Waals surface area contributed by atoms with E-state index in [1.54, 1.807) is 0 Å². The third kappa shape index (κ3) is 4.53. The summed E-state index contributed by atoms with van der Waals surface area (Å²) in [5.74, 6) is 3.34. The van der Waals surface area contributed by atoms with Crippen LogP contribution in [-0.4, -0.2) is 74.0 Å². The van der Waals surface area contributed by atoms with Gasteiger partial charge in [0.25, 0.3) is 0 Å². The highest BCUT2D eigenvalue weighted by Gasteiger charge is 2.24. The van der Waals surface area contributed by atoms with E-state index in [9.17, 15) is 0 Å². The lowest BCUT2D eigenvalue weighted by atomic mass is 9.92. The second kappa shape index (κ2) is 8.63. The number of aromatic nitrogens is 2. The molecule has 3 aliphatic heterocycles. The summed E-state index contributed by atoms with van der Waals surface area (Å²) in [6.45, 7) is 11.0. The van der Waals surface area contributed by atoms with Gasteiger partial charge in [0.05, 0.1) is 13.2 Å². The van der Waals surface area contributed by atoms with E-state index in [1.165, 1.54) is 51.0 Å². The molecule has 1 aromatic rings. The van der Waals surface area contributed by atoms with Gasteiger partial charge in [-0.2, -0.15) is 0 Å². The first-order valence-corrected chi connectivity index (χ1v) is 10.3. The third-order valence-electron chi connectivity index (χ3n) is 6.06. The van der Waals surface area contributed by atoms with Crippen molar-refractivity contribution in [3.8, 4) is 0 Å². The second-order valence-electron chi connectivity index (χ2n) is 7.93. The summed E-state index contributed by atoms with van der Waals surface area (Å²) in [6.07, 6.45) is 4.96. The van der Waals surface area contributed by atoms with Gasteiger partial charge >= 0.3 is 0 Å². The summed E-state index contributed by atoms with van der Waals surface area (Å²) in [4.78, 5) is 14.4. The molecule has 4 heterocycles. The highest BCUT2D eigenvalue weighted by Crippen LogP contribution is 2.29. The van der Waals surface area contributed by atoms with E-state index in [-0.39, 0.29) is 0 Å². The van der Waals surface area contributed by atoms with Crippen LogP contribution in [0.2, 0.25) is 0 Å². The number of likely N-dealkylation sites (tertiary alicyclic amines) is 1. The van der Waals surface area contributed by atoms with E-state index < -0.39 is 0 Å². The minimum atomic E-state index is 0.572. The zero-order chi connectivity index (χ0) is 17.8. The molecule has 3 fully saturated rings. The Morgan fingerprint density at radius 3 is 2.54 bits per heavy atom. The van der Waals surface area contributed by atoms with Crippen molar-refractivity contribution in [1.29, 1.82) is 0 Å². The number of hydrogen-bond acceptors (Lipinski definition) is 6. The van der Waals surface area contributed by atoms with Crippen LogP contribution in [0.4, 0.5) is 5.82 Å². The van der Waals surface area contributed by atoms with Gasteiger partial charge in [0, 0.05) is 44.0 Å². The molecular formula is C20H32N4O2. The van der Waals surface area contributed by atoms with E-state index in [0.29, 0.717) is 5.92 Å². The molecule has 3 saturated heterocycles. The van der Waals surface area contributed by atoms with Crippen LogP contribution in [0.15, 0.2) is 6.07 Å². The van der Waals surface area contributed by atoms with Crippen molar-refractivity contribution >= 4 is 5.82 Å². The molecule has 0 bridgehead atoms. The molecule has 1 unspecified atom stereocenters. The standard InChI is InChI=1S/C20H32N4O2/c1-16-21-19(14-20(22-16)24-9-12-25-13-10-24)18-3-7-23(8-4-18)6-2-17-5-11-26-15-17/h14,17-18H,2-13,15H2,1H3. The monoisotopic (exact) mass is 360 g/mol. The number of rotatable bonds is 5. The minimum absolute atomic E-state index is 0.572. The van der Waals surface area contributed by atoms with Crippen molar-refractivity contribution < 1.29 is 9.47 Å². The Morgan fingerprint density at radius 2 is 1.81 bits per heavy atom. The molecule has 6 heteroatoms. The van der Waals surface area contributed by atoms with Crippen molar-refractivity contribution in [1.82, 2.24) is 14.9 Å². The predicted octanol–water partition coefficient (Wildman–Crippen LogP) is 2.23. The van der Waals surface area contributed by atoms with Gasteiger partial charge in [0.1, 0.15) is 11.6 Å². The molecule has 0 aromatic carbocycles. The van der Waals surface area contributed by atoms with Crippen LogP contribution in [-0.2, 0) is 9.47 Å². The summed E-state index contributed by atoms with van der Waals surface area (Å²) >= 11 is 0. The number of morpholine rings is 1. The number of nitrogens with zero attached hydrogens (tertiary/aromatic N) is 4. The molecule has 1 aromatic heterocycles. The predicted molar refractivity (Wildman–Crippen MR) is 102 cm³/mol. The summed E-state index contributed by atoms with van der Waals surface area (Å²) in [7, 11) is 0. The van der Waals surface area contributed by atoms with Gasteiger partial charge in [-0.05, 0) is 58.2 Å². The molecular weight excluding hydrogens is 328 g/mol. The van der Waals surface area contributed by atoms with Crippen LogP contribution < -0.4 is 4.90 Å². The summed E-state index contributed by atoms with van der Waals surface area (Å²) in [6, 6.07) is 2.23. The van der Waals surface area contributed by atoms with Crippen molar-refractivity contribution in [2.45, 2.75) is 38.5 Å². The fraction of sp³-hybridized carbons (Fsp3) is 0.800. The Morgan fingerprint density at radius 1 is 1.00 bits per heavy atom. The van der Waals surface area contributed by atoms with Gasteiger partial charge in [0.2, 0.25) is 0 Å². The van der Waals surface area contributed by atoms with Crippen molar-refractivity contribution in [3.63, 3.8) is 0 Å². The first-order chi connectivity index (χ1) is 12.8. The maximum Gasteiger partial charge on any atom is 0.132 e. The van der Waals surface area contributed by atoms with E-state index in [4.69, 9.17) is 14.5 Å². The average Bonchev–Trinajstić information content (AvgIpc) is 3.21. The molecule has 26 heavy (non-hydrogen) atoms. The normalized spacial score (nSPS) is 25.7. The molecule has 4 rings (SSSR count). The zero-order valence-electron chi connectivity index (χ0n) is 16.0. The van der Waals surface area contributed by atoms with Gasteiger partial charge in [0.15, 0.2) is 0 Å². The van der Waals surface area contributed by atoms with Crippen molar-refractivity contribution in [2.75, 3.05) is 64.1 Å². The number of ether oxygens (including phenoxy) is 2. The smallest absolute Gasteiger partial charge is 0.132 e. The van der Waals surface area contributed by atoms with Crippen LogP contribution in [0, 0.1) is 12.8 Å². The van der Waals surface area contributed by atoms with Gasteiger partial charge in [-0.15, -0.1) is 0 Å². The third-order valence-corrected chi connectivity index (χ3v) is 6.06. The van der Waals surface area contributed by atoms with Crippen molar-refractivity contribution in [2.24, 2.45) is 5.92 Å². The molecule has 0 N–H and O–H groups in total. The summed E-state index contributed by atoms with van der Waals surface area (Å²) < 4.78 is 11.0. The van der Waals surface area contributed by atoms with E-state index in [1.807, 2.05) is 6.92 Å². The topological polar surface area (TPSA) is 50.7 Å². The SMILES string of the molecule is Cc1nc(C2CCN(CCC3CCOC3)CC2)cc(N2CCOCC2)n1. The van der Waals surface area contributed by atoms with Crippen LogP contribution >= 0.6 is 0 Å². The Labute approximate surface area is 156 Å². The first-order valence-electron chi connectivity index (χ1n) is 10.3. The zero-order valence-corrected chi connectivity index (χ0v) is 16.0. The highest BCUT2D eigenvalue weighted by atomic mass is 16.5. The maximum absolute atomic E-state index is 5.50. The highest BCUT2D eigenvalue weighted by molar-refractivity contribution is 5.41. The first kappa shape index (κ1) is 18.1. The molecule has 0 spiro atoms. The van der Waals surface area contributed by atoms with E-state index in [2.05, 4.69) is 20.9 Å². The molecule has 144 valence electrons. The largest absolute Gasteiger partial charge is 0.381 e. The summed E-state index contributed by atoms with van der Waals surface area (Å²) in [5.41, 5.74) is 1.24. The lowest BCUT2D eigenvalue weighted by Gasteiger charge is -2.33. The van der Waals surface area contributed by atoms with Crippen LogP contribution in [0.25, 0.3) is 0 Å². The molecule has 6 nitrogen and oxygen atoms in total. The lowest BCUT2D eigenvalue weighted by Crippen LogP contribution is -2.37. The second-order valence-corrected chi connectivity index (χ2v) is 7.93. The molecule has 1 atom stereocenters. The molecule has 3 aliphatic rings. The van der Waals surface area contributed by atoms with E-state index >= 15 is 0 Å². The molecule has 0 aliphatic carbocycles. The van der Waals surface area contributed by atoms with Gasteiger partial charge in [-0.1, -0.05) is 0 Å². The van der Waals surface area contributed by atoms with Gasteiger partial charge in [-0.25, -0.2) is 9.97 Å². The molecule has 0 amide bonds. The summed E-state index contributed by atoms with van der Waals surface area (Å²) in [5, 5.41) is 0. The lowest BCUT2D eigenvalue weighted by molar-refractivity contribution is 0.122. The fourth-order valence-corrected chi connectivity index (χ4v) is 4.37. The van der Waals surface area contributed by atoms with Crippen LogP contribution in [0.5, 0.6) is 0 Å². The number of aryl methyl sites for hydroxylation is 1. The molecule has 0 radical (unpaired) electrons. The quantitative estimate of drug-likeness (QED) is 0.803. The maximum atomic E-state index is 5.50. The van der Waals surface area contributed by atoms with Crippen LogP contribution in [0.3, 0.4) is 0 Å². The Bertz CT molecular complexity index is 577. The van der Waals surface area contributed by atoms with Crippen LogP contribution in [0.1, 0.15) is 43.1 Å². The average molecular weight is 361 g/mol.